The van der Waals surface area contributed by atoms with E-state index in [1.54, 1.807) is 4.57 Å². The van der Waals surface area contributed by atoms with Gasteiger partial charge < -0.3 is 23.9 Å². The first-order chi connectivity index (χ1) is 17.2. The van der Waals surface area contributed by atoms with Gasteiger partial charge in [0.25, 0.3) is 5.56 Å². The van der Waals surface area contributed by atoms with Crippen LogP contribution in [0.5, 0.6) is 11.5 Å². The predicted molar refractivity (Wildman–Crippen MR) is 130 cm³/mol. The van der Waals surface area contributed by atoms with E-state index in [-0.39, 0.29) is 35.7 Å². The van der Waals surface area contributed by atoms with Crippen LogP contribution in [0.4, 0.5) is 0 Å². The van der Waals surface area contributed by atoms with Crippen molar-refractivity contribution in [3.63, 3.8) is 0 Å². The van der Waals surface area contributed by atoms with Gasteiger partial charge in [0.15, 0.2) is 16.7 Å². The molecule has 2 aliphatic heterocycles. The monoisotopic (exact) mass is 493 g/mol. The SMILES string of the molecule is O=C(CSc1nc2c(oc3ccccc32)c(=O)n1CC1CCCO1)NCc1ccc2c(c1)OCO2. The first-order valence-corrected chi connectivity index (χ1v) is 12.5. The average Bonchev–Trinajstić information content (AvgIpc) is 3.63. The predicted octanol–water partition coefficient (Wildman–Crippen LogP) is 3.46. The summed E-state index contributed by atoms with van der Waals surface area (Å²) in [6.07, 6.45) is 1.78. The molecule has 0 radical (unpaired) electrons. The summed E-state index contributed by atoms with van der Waals surface area (Å²) in [7, 11) is 0. The van der Waals surface area contributed by atoms with E-state index in [1.807, 2.05) is 42.5 Å². The largest absolute Gasteiger partial charge is 0.454 e. The van der Waals surface area contributed by atoms with Gasteiger partial charge in [0.2, 0.25) is 18.3 Å². The summed E-state index contributed by atoms with van der Waals surface area (Å²) >= 11 is 1.23. The number of carbonyl (C=O) groups is 1. The number of carbonyl (C=O) groups excluding carboxylic acids is 1. The maximum absolute atomic E-state index is 13.4. The number of rotatable bonds is 7. The molecule has 0 saturated carbocycles. The van der Waals surface area contributed by atoms with Gasteiger partial charge in [-0.2, -0.15) is 0 Å². The van der Waals surface area contributed by atoms with E-state index in [9.17, 15) is 9.59 Å². The van der Waals surface area contributed by atoms with Crippen molar-refractivity contribution in [2.75, 3.05) is 19.2 Å². The van der Waals surface area contributed by atoms with Gasteiger partial charge >= 0.3 is 0 Å². The van der Waals surface area contributed by atoms with Gasteiger partial charge in [0, 0.05) is 18.5 Å². The van der Waals surface area contributed by atoms with Crippen LogP contribution >= 0.6 is 11.8 Å². The summed E-state index contributed by atoms with van der Waals surface area (Å²) in [4.78, 5) is 30.8. The maximum Gasteiger partial charge on any atom is 0.297 e. The lowest BCUT2D eigenvalue weighted by Crippen LogP contribution is -2.29. The van der Waals surface area contributed by atoms with Crippen LogP contribution in [0, 0.1) is 0 Å². The summed E-state index contributed by atoms with van der Waals surface area (Å²) < 4.78 is 23.9. The minimum absolute atomic E-state index is 0.0597. The Balaban J connectivity index is 1.22. The molecule has 180 valence electrons. The lowest BCUT2D eigenvalue weighted by Gasteiger charge is -2.15. The molecule has 2 aliphatic rings. The standard InChI is InChI=1S/C25H23N3O6S/c29-21(26-11-15-7-8-19-20(10-15)33-14-32-19)13-35-25-27-22-17-5-1-2-6-18(17)34-23(22)24(30)28(25)12-16-4-3-9-31-16/h1-2,5-8,10,16H,3-4,9,11-14H2,(H,26,29). The van der Waals surface area contributed by atoms with Crippen LogP contribution in [0.3, 0.4) is 0 Å². The number of para-hydroxylation sites is 1. The highest BCUT2D eigenvalue weighted by molar-refractivity contribution is 7.99. The fourth-order valence-corrected chi connectivity index (χ4v) is 5.18. The Morgan fingerprint density at radius 1 is 1.17 bits per heavy atom. The van der Waals surface area contributed by atoms with Gasteiger partial charge in [-0.05, 0) is 42.7 Å². The molecule has 1 saturated heterocycles. The van der Waals surface area contributed by atoms with E-state index in [1.165, 1.54) is 11.8 Å². The Kier molecular flexibility index (Phi) is 5.83. The molecule has 1 amide bonds. The second-order valence-electron chi connectivity index (χ2n) is 8.47. The second-order valence-corrected chi connectivity index (χ2v) is 9.42. The Morgan fingerprint density at radius 3 is 2.94 bits per heavy atom. The highest BCUT2D eigenvalue weighted by Gasteiger charge is 2.23. The van der Waals surface area contributed by atoms with Crippen LogP contribution in [0.1, 0.15) is 18.4 Å². The lowest BCUT2D eigenvalue weighted by molar-refractivity contribution is -0.118. The Labute approximate surface area is 204 Å². The molecule has 6 rings (SSSR count). The summed E-state index contributed by atoms with van der Waals surface area (Å²) in [5.74, 6) is 1.33. The van der Waals surface area contributed by atoms with Crippen molar-refractivity contribution in [1.29, 1.82) is 0 Å². The normalized spacial score (nSPS) is 16.9. The number of hydrogen-bond acceptors (Lipinski definition) is 8. The van der Waals surface area contributed by atoms with Crippen LogP contribution in [0.2, 0.25) is 0 Å². The summed E-state index contributed by atoms with van der Waals surface area (Å²) in [6, 6.07) is 13.0. The van der Waals surface area contributed by atoms with Crippen molar-refractivity contribution in [3.05, 3.63) is 58.4 Å². The van der Waals surface area contributed by atoms with Crippen molar-refractivity contribution in [3.8, 4) is 11.5 Å². The van der Waals surface area contributed by atoms with Crippen molar-refractivity contribution >= 4 is 39.7 Å². The van der Waals surface area contributed by atoms with E-state index in [0.717, 1.165) is 23.8 Å². The molecule has 1 unspecified atom stereocenters. The first kappa shape index (κ1) is 22.0. The minimum atomic E-state index is -0.259. The van der Waals surface area contributed by atoms with E-state index < -0.39 is 0 Å². The number of nitrogens with zero attached hydrogens (tertiary/aromatic N) is 2. The molecule has 0 bridgehead atoms. The Bertz CT molecular complexity index is 1470. The van der Waals surface area contributed by atoms with E-state index >= 15 is 0 Å². The molecule has 0 spiro atoms. The first-order valence-electron chi connectivity index (χ1n) is 11.5. The van der Waals surface area contributed by atoms with E-state index in [2.05, 4.69) is 5.32 Å². The molecule has 10 heteroatoms. The van der Waals surface area contributed by atoms with Crippen LogP contribution in [-0.2, 0) is 22.6 Å². The number of amides is 1. The molecule has 1 N–H and O–H groups in total. The number of thioether (sulfide) groups is 1. The molecule has 9 nitrogen and oxygen atoms in total. The number of benzene rings is 2. The molecule has 4 aromatic rings. The number of hydrogen-bond donors (Lipinski definition) is 1. The second kappa shape index (κ2) is 9.27. The molecule has 1 atom stereocenters. The molecule has 35 heavy (non-hydrogen) atoms. The molecule has 1 fully saturated rings. The van der Waals surface area contributed by atoms with Crippen molar-refractivity contribution in [1.82, 2.24) is 14.9 Å². The third-order valence-corrected chi connectivity index (χ3v) is 7.09. The number of ether oxygens (including phenoxy) is 3. The van der Waals surface area contributed by atoms with E-state index in [4.69, 9.17) is 23.6 Å². The zero-order chi connectivity index (χ0) is 23.8. The van der Waals surface area contributed by atoms with Gasteiger partial charge in [-0.3, -0.25) is 14.2 Å². The number of fused-ring (bicyclic) bond motifs is 4. The lowest BCUT2D eigenvalue weighted by atomic mass is 10.2. The minimum Gasteiger partial charge on any atom is -0.454 e. The molecular weight excluding hydrogens is 470 g/mol. The fourth-order valence-electron chi connectivity index (χ4n) is 4.35. The summed E-state index contributed by atoms with van der Waals surface area (Å²) in [5, 5.41) is 4.17. The van der Waals surface area contributed by atoms with Gasteiger partial charge in [-0.1, -0.05) is 30.0 Å². The van der Waals surface area contributed by atoms with Gasteiger partial charge in [0.1, 0.15) is 11.1 Å². The zero-order valence-electron chi connectivity index (χ0n) is 18.8. The van der Waals surface area contributed by atoms with Crippen LogP contribution in [0.15, 0.2) is 56.8 Å². The van der Waals surface area contributed by atoms with Gasteiger partial charge in [0.05, 0.1) is 18.4 Å². The molecule has 4 heterocycles. The van der Waals surface area contributed by atoms with E-state index in [0.29, 0.717) is 47.5 Å². The highest BCUT2D eigenvalue weighted by Crippen LogP contribution is 2.32. The number of nitrogens with one attached hydrogen (secondary N) is 1. The topological polar surface area (TPSA) is 105 Å². The smallest absolute Gasteiger partial charge is 0.297 e. The maximum atomic E-state index is 13.4. The van der Waals surface area contributed by atoms with Gasteiger partial charge in [-0.15, -0.1) is 0 Å². The zero-order valence-corrected chi connectivity index (χ0v) is 19.6. The Hall–Kier alpha value is -3.50. The summed E-state index contributed by atoms with van der Waals surface area (Å²) in [6.45, 7) is 1.63. The van der Waals surface area contributed by atoms with Crippen molar-refractivity contribution < 1.29 is 23.4 Å². The molecule has 2 aromatic heterocycles. The third kappa shape index (κ3) is 4.35. The third-order valence-electron chi connectivity index (χ3n) is 6.12. The van der Waals surface area contributed by atoms with Gasteiger partial charge in [-0.25, -0.2) is 4.98 Å². The van der Waals surface area contributed by atoms with Crippen LogP contribution < -0.4 is 20.3 Å². The highest BCUT2D eigenvalue weighted by atomic mass is 32.2. The Morgan fingerprint density at radius 2 is 2.06 bits per heavy atom. The quantitative estimate of drug-likeness (QED) is 0.308. The molecule has 0 aliphatic carbocycles. The fraction of sp³-hybridized carbons (Fsp3) is 0.320. The molecular formula is C25H23N3O6S. The number of furan rings is 1. The van der Waals surface area contributed by atoms with Crippen LogP contribution in [-0.4, -0.2) is 40.7 Å². The number of aromatic nitrogens is 2. The summed E-state index contributed by atoms with van der Waals surface area (Å²) in [5.41, 5.74) is 2.00. The molecule has 2 aromatic carbocycles. The van der Waals surface area contributed by atoms with Crippen LogP contribution in [0.25, 0.3) is 22.1 Å². The van der Waals surface area contributed by atoms with Crippen molar-refractivity contribution in [2.45, 2.75) is 37.2 Å². The van der Waals surface area contributed by atoms with Crippen molar-refractivity contribution in [2.24, 2.45) is 0 Å². The average molecular weight is 494 g/mol.